The van der Waals surface area contributed by atoms with Gasteiger partial charge in [-0.15, -0.1) is 0 Å². The van der Waals surface area contributed by atoms with Gasteiger partial charge < -0.3 is 14.4 Å². The van der Waals surface area contributed by atoms with Crippen LogP contribution in [0.25, 0.3) is 11.5 Å². The smallest absolute Gasteiger partial charge is 0.244 e. The third-order valence-corrected chi connectivity index (χ3v) is 3.10. The molecule has 6 nitrogen and oxygen atoms in total. The van der Waals surface area contributed by atoms with E-state index in [4.69, 9.17) is 4.52 Å². The standard InChI is InChI=1S/C11H15N5O/c1-16-7-12-6-9(16)10-14-11(17-15-10)8-4-2-3-5-13-8/h6-8,13H,2-5H2,1H3/t8-/m0/s1. The van der Waals surface area contributed by atoms with Gasteiger partial charge in [-0.1, -0.05) is 11.6 Å². The molecule has 0 spiro atoms. The Morgan fingerprint density at radius 2 is 2.41 bits per heavy atom. The van der Waals surface area contributed by atoms with Gasteiger partial charge in [0, 0.05) is 7.05 Å². The molecular formula is C11H15N5O. The maximum atomic E-state index is 5.32. The Bertz CT molecular complexity index is 497. The van der Waals surface area contributed by atoms with Gasteiger partial charge >= 0.3 is 0 Å². The van der Waals surface area contributed by atoms with Crippen molar-refractivity contribution in [2.45, 2.75) is 25.3 Å². The molecule has 3 heterocycles. The van der Waals surface area contributed by atoms with E-state index < -0.39 is 0 Å². The van der Waals surface area contributed by atoms with Crippen molar-refractivity contribution in [3.05, 3.63) is 18.4 Å². The minimum absolute atomic E-state index is 0.207. The number of imidazole rings is 1. The van der Waals surface area contributed by atoms with Crippen LogP contribution in [0.1, 0.15) is 31.2 Å². The summed E-state index contributed by atoms with van der Waals surface area (Å²) in [6.45, 7) is 1.02. The van der Waals surface area contributed by atoms with E-state index >= 15 is 0 Å². The summed E-state index contributed by atoms with van der Waals surface area (Å²) in [6, 6.07) is 0.207. The highest BCUT2D eigenvalue weighted by Gasteiger charge is 2.21. The second kappa shape index (κ2) is 4.29. The highest BCUT2D eigenvalue weighted by molar-refractivity contribution is 5.47. The maximum absolute atomic E-state index is 5.32. The Morgan fingerprint density at radius 1 is 1.47 bits per heavy atom. The first-order valence-electron chi connectivity index (χ1n) is 5.88. The van der Waals surface area contributed by atoms with Crippen LogP contribution >= 0.6 is 0 Å². The summed E-state index contributed by atoms with van der Waals surface area (Å²) in [5, 5.41) is 7.40. The maximum Gasteiger partial charge on any atom is 0.244 e. The number of aryl methyl sites for hydroxylation is 1. The Morgan fingerprint density at radius 3 is 3.12 bits per heavy atom. The van der Waals surface area contributed by atoms with Gasteiger partial charge in [0.15, 0.2) is 0 Å². The first kappa shape index (κ1) is 10.5. The quantitative estimate of drug-likeness (QED) is 0.846. The van der Waals surface area contributed by atoms with Crippen molar-refractivity contribution in [2.75, 3.05) is 6.54 Å². The molecule has 2 aromatic rings. The number of nitrogens with zero attached hydrogens (tertiary/aromatic N) is 4. The van der Waals surface area contributed by atoms with Crippen molar-refractivity contribution in [1.29, 1.82) is 0 Å². The highest BCUT2D eigenvalue weighted by Crippen LogP contribution is 2.23. The zero-order valence-electron chi connectivity index (χ0n) is 9.76. The molecule has 3 rings (SSSR count). The van der Waals surface area contributed by atoms with Crippen molar-refractivity contribution in [1.82, 2.24) is 25.0 Å². The summed E-state index contributed by atoms with van der Waals surface area (Å²) in [6.07, 6.45) is 6.96. The van der Waals surface area contributed by atoms with Crippen LogP contribution in [0.5, 0.6) is 0 Å². The predicted molar refractivity (Wildman–Crippen MR) is 61.1 cm³/mol. The summed E-state index contributed by atoms with van der Waals surface area (Å²) >= 11 is 0. The zero-order chi connectivity index (χ0) is 11.7. The molecule has 0 bridgehead atoms. The van der Waals surface area contributed by atoms with E-state index in [2.05, 4.69) is 20.4 Å². The lowest BCUT2D eigenvalue weighted by atomic mass is 10.1. The fourth-order valence-electron chi connectivity index (χ4n) is 2.12. The molecule has 1 fully saturated rings. The molecule has 1 N–H and O–H groups in total. The predicted octanol–water partition coefficient (Wildman–Crippen LogP) is 1.28. The number of rotatable bonds is 2. The van der Waals surface area contributed by atoms with Gasteiger partial charge in [0.1, 0.15) is 5.69 Å². The lowest BCUT2D eigenvalue weighted by molar-refractivity contribution is 0.297. The Labute approximate surface area is 99.0 Å². The molecule has 0 saturated carbocycles. The van der Waals surface area contributed by atoms with E-state index in [1.807, 2.05) is 11.6 Å². The average Bonchev–Trinajstić information content (AvgIpc) is 2.98. The molecule has 0 unspecified atom stereocenters. The normalized spacial score (nSPS) is 20.6. The Kier molecular flexibility index (Phi) is 2.64. The average molecular weight is 233 g/mol. The van der Waals surface area contributed by atoms with Gasteiger partial charge in [-0.2, -0.15) is 4.98 Å². The lowest BCUT2D eigenvalue weighted by Crippen LogP contribution is -2.26. The molecule has 17 heavy (non-hydrogen) atoms. The molecular weight excluding hydrogens is 218 g/mol. The van der Waals surface area contributed by atoms with Crippen molar-refractivity contribution in [3.8, 4) is 11.5 Å². The van der Waals surface area contributed by atoms with Crippen LogP contribution in [-0.2, 0) is 7.05 Å². The Balaban J connectivity index is 1.85. The number of aromatic nitrogens is 4. The van der Waals surface area contributed by atoms with Crippen LogP contribution in [0.2, 0.25) is 0 Å². The molecule has 1 atom stereocenters. The van der Waals surface area contributed by atoms with Crippen LogP contribution in [0.15, 0.2) is 17.0 Å². The van der Waals surface area contributed by atoms with Gasteiger partial charge in [-0.05, 0) is 19.4 Å². The van der Waals surface area contributed by atoms with Gasteiger partial charge in [0.2, 0.25) is 11.7 Å². The monoisotopic (exact) mass is 233 g/mol. The number of hydrogen-bond donors (Lipinski definition) is 1. The van der Waals surface area contributed by atoms with E-state index in [9.17, 15) is 0 Å². The minimum Gasteiger partial charge on any atom is -0.337 e. The molecule has 1 saturated heterocycles. The molecule has 0 aromatic carbocycles. The van der Waals surface area contributed by atoms with Crippen LogP contribution in [0.4, 0.5) is 0 Å². The third kappa shape index (κ3) is 1.95. The van der Waals surface area contributed by atoms with E-state index in [1.165, 1.54) is 12.8 Å². The first-order valence-corrected chi connectivity index (χ1v) is 5.88. The molecule has 1 aliphatic rings. The van der Waals surface area contributed by atoms with Crippen molar-refractivity contribution in [2.24, 2.45) is 7.05 Å². The van der Waals surface area contributed by atoms with Crippen molar-refractivity contribution in [3.63, 3.8) is 0 Å². The van der Waals surface area contributed by atoms with E-state index in [0.29, 0.717) is 11.7 Å². The molecule has 0 aliphatic carbocycles. The van der Waals surface area contributed by atoms with Gasteiger partial charge in [-0.3, -0.25) is 0 Å². The minimum atomic E-state index is 0.207. The summed E-state index contributed by atoms with van der Waals surface area (Å²) < 4.78 is 7.20. The molecule has 0 amide bonds. The largest absolute Gasteiger partial charge is 0.337 e. The third-order valence-electron chi connectivity index (χ3n) is 3.10. The topological polar surface area (TPSA) is 68.8 Å². The second-order valence-corrected chi connectivity index (χ2v) is 4.35. The van der Waals surface area contributed by atoms with Gasteiger partial charge in [-0.25, -0.2) is 4.98 Å². The molecule has 90 valence electrons. The zero-order valence-corrected chi connectivity index (χ0v) is 9.76. The number of hydrogen-bond acceptors (Lipinski definition) is 5. The van der Waals surface area contributed by atoms with Crippen LogP contribution in [0.3, 0.4) is 0 Å². The second-order valence-electron chi connectivity index (χ2n) is 4.35. The van der Waals surface area contributed by atoms with Crippen LogP contribution in [0, 0.1) is 0 Å². The summed E-state index contributed by atoms with van der Waals surface area (Å²) in [4.78, 5) is 8.48. The van der Waals surface area contributed by atoms with E-state index in [-0.39, 0.29) is 6.04 Å². The number of nitrogens with one attached hydrogen (secondary N) is 1. The van der Waals surface area contributed by atoms with Gasteiger partial charge in [0.05, 0.1) is 18.6 Å². The number of piperidine rings is 1. The highest BCUT2D eigenvalue weighted by atomic mass is 16.5. The SMILES string of the molecule is Cn1cncc1-c1noc([C@@H]2CCCCN2)n1. The molecule has 2 aromatic heterocycles. The van der Waals surface area contributed by atoms with E-state index in [0.717, 1.165) is 18.7 Å². The summed E-state index contributed by atoms with van der Waals surface area (Å²) in [5.74, 6) is 1.29. The molecule has 1 aliphatic heterocycles. The fourth-order valence-corrected chi connectivity index (χ4v) is 2.12. The molecule has 6 heteroatoms. The summed E-state index contributed by atoms with van der Waals surface area (Å²) in [5.41, 5.74) is 0.871. The summed E-state index contributed by atoms with van der Waals surface area (Å²) in [7, 11) is 1.91. The first-order chi connectivity index (χ1) is 8.34. The molecule has 0 radical (unpaired) electrons. The lowest BCUT2D eigenvalue weighted by Gasteiger charge is -2.19. The van der Waals surface area contributed by atoms with Crippen LogP contribution in [-0.4, -0.2) is 26.2 Å². The Hall–Kier alpha value is -1.69. The van der Waals surface area contributed by atoms with Crippen LogP contribution < -0.4 is 5.32 Å². The van der Waals surface area contributed by atoms with Crippen molar-refractivity contribution >= 4 is 0 Å². The fraction of sp³-hybridized carbons (Fsp3) is 0.545. The van der Waals surface area contributed by atoms with Crippen molar-refractivity contribution < 1.29 is 4.52 Å². The van der Waals surface area contributed by atoms with E-state index in [1.54, 1.807) is 12.5 Å². The van der Waals surface area contributed by atoms with Gasteiger partial charge in [0.25, 0.3) is 0 Å².